The fourth-order valence-corrected chi connectivity index (χ4v) is 4.98. The molecule has 5 rings (SSSR count). The number of anilines is 1. The van der Waals surface area contributed by atoms with Crippen molar-refractivity contribution in [3.05, 3.63) is 58.3 Å². The van der Waals surface area contributed by atoms with Gasteiger partial charge in [-0.05, 0) is 24.3 Å². The van der Waals surface area contributed by atoms with Crippen LogP contribution in [0.25, 0.3) is 17.1 Å². The molecular formula is C21H19ClF3N7O4S. The number of aromatic nitrogens is 6. The molecule has 11 nitrogen and oxygen atoms in total. The number of aliphatic hydroxyl groups is 3. The van der Waals surface area contributed by atoms with E-state index in [1.807, 2.05) is 0 Å². The number of halogens is 4. The Hall–Kier alpha value is -3.08. The van der Waals surface area contributed by atoms with Gasteiger partial charge in [-0.15, -0.1) is 16.4 Å². The fraction of sp³-hybridized carbons (Fsp3) is 0.333. The summed E-state index contributed by atoms with van der Waals surface area (Å²) >= 11 is 7.18. The van der Waals surface area contributed by atoms with Crippen LogP contribution in [0.4, 0.5) is 18.3 Å². The first-order chi connectivity index (χ1) is 17.6. The highest BCUT2D eigenvalue weighted by molar-refractivity contribution is 7.13. The summed E-state index contributed by atoms with van der Waals surface area (Å²) in [5.41, 5.74) is 5.05. The minimum absolute atomic E-state index is 0.0308. The molecule has 0 amide bonds. The van der Waals surface area contributed by atoms with Crippen molar-refractivity contribution in [2.75, 3.05) is 12.3 Å². The first-order valence-corrected chi connectivity index (χ1v) is 12.0. The maximum absolute atomic E-state index is 13.8. The number of nitrogen functional groups attached to an aromatic ring is 1. The molecule has 3 aromatic heterocycles. The van der Waals surface area contributed by atoms with E-state index in [4.69, 9.17) is 22.1 Å². The minimum atomic E-state index is -4.72. The lowest BCUT2D eigenvalue weighted by Crippen LogP contribution is -2.53. The Bertz CT molecular complexity index is 1410. The number of nitrogens with zero attached hydrogens (tertiary/aromatic N) is 6. The van der Waals surface area contributed by atoms with Crippen molar-refractivity contribution in [3.8, 4) is 17.1 Å². The van der Waals surface area contributed by atoms with Gasteiger partial charge in [-0.25, -0.2) is 14.3 Å². The molecule has 196 valence electrons. The lowest BCUT2D eigenvalue weighted by atomic mass is 9.91. The molecule has 1 aliphatic heterocycles. The van der Waals surface area contributed by atoms with Gasteiger partial charge in [0.1, 0.15) is 41.8 Å². The molecule has 1 aromatic carbocycles. The van der Waals surface area contributed by atoms with Crippen LogP contribution >= 0.6 is 22.9 Å². The molecule has 37 heavy (non-hydrogen) atoms. The summed E-state index contributed by atoms with van der Waals surface area (Å²) in [5.74, 6) is 0. The Kier molecular flexibility index (Phi) is 6.68. The van der Waals surface area contributed by atoms with Crippen LogP contribution in [-0.4, -0.2) is 70.0 Å². The van der Waals surface area contributed by atoms with E-state index < -0.39 is 48.8 Å². The molecule has 1 saturated heterocycles. The molecule has 1 fully saturated rings. The molecule has 0 unspecified atom stereocenters. The van der Waals surface area contributed by atoms with E-state index in [2.05, 4.69) is 20.4 Å². The third-order valence-corrected chi connectivity index (χ3v) is 6.86. The second-order valence-corrected chi connectivity index (χ2v) is 9.56. The number of alkyl halides is 3. The van der Waals surface area contributed by atoms with Crippen LogP contribution in [0.5, 0.6) is 0 Å². The van der Waals surface area contributed by atoms with Gasteiger partial charge in [0.05, 0.1) is 29.7 Å². The SMILES string of the molecule is Nc1nc(-c2cn([C@H]3[C@@H](O)[C@@H](CO)O[C@@H](c4ccnn4-c4cc(Cl)ccc4C(F)(F)F)[C@@H]3O)nn2)cs1. The van der Waals surface area contributed by atoms with Gasteiger partial charge < -0.3 is 25.8 Å². The second kappa shape index (κ2) is 9.66. The normalized spacial score (nSPS) is 24.5. The monoisotopic (exact) mass is 557 g/mol. The van der Waals surface area contributed by atoms with Gasteiger partial charge in [-0.1, -0.05) is 16.8 Å². The lowest BCUT2D eigenvalue weighted by molar-refractivity contribution is -0.209. The van der Waals surface area contributed by atoms with E-state index in [9.17, 15) is 28.5 Å². The molecule has 5 N–H and O–H groups in total. The Balaban J connectivity index is 1.55. The van der Waals surface area contributed by atoms with Crippen LogP contribution in [0.3, 0.4) is 0 Å². The third-order valence-electron chi connectivity index (χ3n) is 5.95. The van der Waals surface area contributed by atoms with E-state index in [1.165, 1.54) is 34.5 Å². The Morgan fingerprint density at radius 1 is 1.16 bits per heavy atom. The number of nitrogens with two attached hydrogens (primary N) is 1. The average molecular weight is 558 g/mol. The number of thiazole rings is 1. The van der Waals surface area contributed by atoms with Gasteiger partial charge in [0.2, 0.25) is 0 Å². The number of ether oxygens (including phenoxy) is 1. The zero-order chi connectivity index (χ0) is 26.5. The molecule has 1 aliphatic rings. The van der Waals surface area contributed by atoms with E-state index in [0.29, 0.717) is 16.5 Å². The molecule has 0 saturated carbocycles. The molecule has 0 spiro atoms. The topological polar surface area (TPSA) is 157 Å². The van der Waals surface area contributed by atoms with Crippen molar-refractivity contribution in [2.45, 2.75) is 36.6 Å². The van der Waals surface area contributed by atoms with Crippen LogP contribution in [0, 0.1) is 0 Å². The predicted octanol–water partition coefficient (Wildman–Crippen LogP) is 2.24. The van der Waals surface area contributed by atoms with Gasteiger partial charge in [-0.3, -0.25) is 0 Å². The maximum atomic E-state index is 13.8. The molecule has 5 atom stereocenters. The van der Waals surface area contributed by atoms with Crippen LogP contribution in [0.1, 0.15) is 23.4 Å². The van der Waals surface area contributed by atoms with Gasteiger partial charge in [0.15, 0.2) is 5.13 Å². The van der Waals surface area contributed by atoms with Gasteiger partial charge in [0.25, 0.3) is 0 Å². The van der Waals surface area contributed by atoms with Crippen molar-refractivity contribution < 1.29 is 33.2 Å². The Morgan fingerprint density at radius 2 is 1.95 bits per heavy atom. The van der Waals surface area contributed by atoms with Crippen LogP contribution < -0.4 is 5.73 Å². The highest BCUT2D eigenvalue weighted by Crippen LogP contribution is 2.41. The van der Waals surface area contributed by atoms with Crippen molar-refractivity contribution in [2.24, 2.45) is 0 Å². The Morgan fingerprint density at radius 3 is 2.62 bits per heavy atom. The second-order valence-electron chi connectivity index (χ2n) is 8.23. The first kappa shape index (κ1) is 25.6. The number of benzene rings is 1. The minimum Gasteiger partial charge on any atom is -0.394 e. The van der Waals surface area contributed by atoms with Gasteiger partial charge >= 0.3 is 6.18 Å². The van der Waals surface area contributed by atoms with Crippen molar-refractivity contribution in [1.82, 2.24) is 29.8 Å². The average Bonchev–Trinajstić information content (AvgIpc) is 3.59. The number of hydrogen-bond acceptors (Lipinski definition) is 10. The van der Waals surface area contributed by atoms with Crippen molar-refractivity contribution in [3.63, 3.8) is 0 Å². The van der Waals surface area contributed by atoms with E-state index in [0.717, 1.165) is 22.9 Å². The summed E-state index contributed by atoms with van der Waals surface area (Å²) in [6.45, 7) is -0.649. The molecule has 0 aliphatic carbocycles. The molecule has 0 radical (unpaired) electrons. The summed E-state index contributed by atoms with van der Waals surface area (Å²) in [7, 11) is 0. The highest BCUT2D eigenvalue weighted by atomic mass is 35.5. The summed E-state index contributed by atoms with van der Waals surface area (Å²) in [6.07, 6.45) is -7.59. The number of aliphatic hydroxyl groups excluding tert-OH is 3. The van der Waals surface area contributed by atoms with Crippen LogP contribution in [-0.2, 0) is 10.9 Å². The fourth-order valence-electron chi connectivity index (χ4n) is 4.25. The summed E-state index contributed by atoms with van der Waals surface area (Å²) < 4.78 is 49.2. The number of hydrogen-bond donors (Lipinski definition) is 4. The van der Waals surface area contributed by atoms with E-state index in [1.54, 1.807) is 5.38 Å². The molecule has 16 heteroatoms. The molecular weight excluding hydrogens is 539 g/mol. The maximum Gasteiger partial charge on any atom is 0.418 e. The van der Waals surface area contributed by atoms with Crippen molar-refractivity contribution >= 4 is 28.1 Å². The number of rotatable bonds is 5. The summed E-state index contributed by atoms with van der Waals surface area (Å²) in [6, 6.07) is 3.19. The van der Waals surface area contributed by atoms with Gasteiger partial charge in [-0.2, -0.15) is 18.3 Å². The molecule has 4 aromatic rings. The molecule has 4 heterocycles. The quantitative estimate of drug-likeness (QED) is 0.289. The molecule has 0 bridgehead atoms. The largest absolute Gasteiger partial charge is 0.418 e. The zero-order valence-corrected chi connectivity index (χ0v) is 20.1. The lowest BCUT2D eigenvalue weighted by Gasteiger charge is -2.42. The van der Waals surface area contributed by atoms with E-state index in [-0.39, 0.29) is 16.4 Å². The smallest absolute Gasteiger partial charge is 0.394 e. The summed E-state index contributed by atoms with van der Waals surface area (Å²) in [4.78, 5) is 4.12. The summed E-state index contributed by atoms with van der Waals surface area (Å²) in [5, 5.41) is 46.1. The van der Waals surface area contributed by atoms with Crippen molar-refractivity contribution in [1.29, 1.82) is 0 Å². The van der Waals surface area contributed by atoms with Crippen LogP contribution in [0.15, 0.2) is 42.0 Å². The standard InChI is InChI=1S/C21H19ClF3N7O4S/c22-9-1-2-10(21(23,24)25)14(5-9)32-13(3-4-27-32)19-18(35)16(17(34)15(7-33)36-19)31-6-11(29-30-31)12-8-37-20(26)28-12/h1-6,8,15-19,33-35H,7H2,(H2,26,28)/t15-,16+,17+,18-,19+/m1/s1. The predicted molar refractivity (Wildman–Crippen MR) is 125 cm³/mol. The van der Waals surface area contributed by atoms with Gasteiger partial charge in [0, 0.05) is 16.6 Å². The zero-order valence-electron chi connectivity index (χ0n) is 18.6. The van der Waals surface area contributed by atoms with E-state index >= 15 is 0 Å². The third kappa shape index (κ3) is 4.69. The Labute approximate surface area is 215 Å². The highest BCUT2D eigenvalue weighted by Gasteiger charge is 2.48. The first-order valence-electron chi connectivity index (χ1n) is 10.7. The van der Waals surface area contributed by atoms with Crippen LogP contribution in [0.2, 0.25) is 5.02 Å².